The first-order valence-electron chi connectivity index (χ1n) is 3.92. The lowest BCUT2D eigenvalue weighted by molar-refractivity contribution is 0.296. The van der Waals surface area contributed by atoms with Gasteiger partial charge in [0, 0.05) is 17.7 Å². The quantitative estimate of drug-likeness (QED) is 0.744. The van der Waals surface area contributed by atoms with Crippen molar-refractivity contribution in [3.63, 3.8) is 0 Å². The van der Waals surface area contributed by atoms with Gasteiger partial charge in [-0.3, -0.25) is 0 Å². The number of hydrogen-bond acceptors (Lipinski definition) is 4. The zero-order chi connectivity index (χ0) is 8.81. The van der Waals surface area contributed by atoms with Crippen LogP contribution in [0, 0.1) is 6.92 Å². The van der Waals surface area contributed by atoms with Gasteiger partial charge in [0.15, 0.2) is 0 Å². The molecule has 0 bridgehead atoms. The predicted molar refractivity (Wildman–Crippen MR) is 54.7 cm³/mol. The van der Waals surface area contributed by atoms with E-state index in [0.29, 0.717) is 6.61 Å². The largest absolute Gasteiger partial charge is 0.396 e. The van der Waals surface area contributed by atoms with Crippen LogP contribution in [0.25, 0.3) is 0 Å². The van der Waals surface area contributed by atoms with Gasteiger partial charge in [-0.2, -0.15) is 11.8 Å². The number of aromatic nitrogens is 1. The topological polar surface area (TPSA) is 33.1 Å². The van der Waals surface area contributed by atoms with Crippen molar-refractivity contribution in [2.45, 2.75) is 19.1 Å². The second-order valence-electron chi connectivity index (χ2n) is 2.49. The Morgan fingerprint density at radius 1 is 1.67 bits per heavy atom. The van der Waals surface area contributed by atoms with Crippen LogP contribution in [-0.2, 0) is 5.75 Å². The van der Waals surface area contributed by atoms with Gasteiger partial charge in [-0.05, 0) is 19.1 Å². The molecular formula is C8H13NOS2. The minimum atomic E-state index is 0.295. The van der Waals surface area contributed by atoms with Crippen LogP contribution in [0.2, 0.25) is 0 Å². The molecule has 0 aliphatic rings. The van der Waals surface area contributed by atoms with Crippen LogP contribution in [0.1, 0.15) is 17.1 Å². The Labute approximate surface area is 81.0 Å². The van der Waals surface area contributed by atoms with E-state index >= 15 is 0 Å². The van der Waals surface area contributed by atoms with Crippen molar-refractivity contribution < 1.29 is 5.11 Å². The number of aliphatic hydroxyl groups excluding tert-OH is 1. The number of rotatable bonds is 5. The van der Waals surface area contributed by atoms with E-state index in [-0.39, 0.29) is 0 Å². The molecule has 0 aliphatic carbocycles. The average Bonchev–Trinajstić information content (AvgIpc) is 2.45. The third-order valence-corrected chi connectivity index (χ3v) is 3.26. The van der Waals surface area contributed by atoms with Crippen LogP contribution < -0.4 is 0 Å². The Morgan fingerprint density at radius 2 is 2.50 bits per heavy atom. The van der Waals surface area contributed by atoms with Crippen molar-refractivity contribution in [3.05, 3.63) is 16.1 Å². The van der Waals surface area contributed by atoms with Gasteiger partial charge in [-0.15, -0.1) is 11.3 Å². The zero-order valence-electron chi connectivity index (χ0n) is 7.12. The van der Waals surface area contributed by atoms with Crippen LogP contribution in [0.3, 0.4) is 0 Å². The highest BCUT2D eigenvalue weighted by Crippen LogP contribution is 2.15. The van der Waals surface area contributed by atoms with Crippen LogP contribution in [-0.4, -0.2) is 22.5 Å². The summed E-state index contributed by atoms with van der Waals surface area (Å²) in [6, 6.07) is 0. The van der Waals surface area contributed by atoms with Gasteiger partial charge >= 0.3 is 0 Å². The summed E-state index contributed by atoms with van der Waals surface area (Å²) in [5, 5.41) is 11.8. The highest BCUT2D eigenvalue weighted by atomic mass is 32.2. The van der Waals surface area contributed by atoms with Gasteiger partial charge in [0.1, 0.15) is 0 Å². The van der Waals surface area contributed by atoms with E-state index in [9.17, 15) is 0 Å². The second kappa shape index (κ2) is 5.56. The van der Waals surface area contributed by atoms with E-state index in [1.165, 1.54) is 5.69 Å². The normalized spacial score (nSPS) is 10.5. The molecule has 0 aromatic carbocycles. The van der Waals surface area contributed by atoms with Crippen molar-refractivity contribution >= 4 is 23.1 Å². The third-order valence-electron chi connectivity index (χ3n) is 1.36. The van der Waals surface area contributed by atoms with E-state index in [0.717, 1.165) is 22.9 Å². The summed E-state index contributed by atoms with van der Waals surface area (Å²) in [5.41, 5.74) is 1.17. The molecule has 4 heteroatoms. The number of hydrogen-bond donors (Lipinski definition) is 1. The molecule has 0 saturated carbocycles. The zero-order valence-corrected chi connectivity index (χ0v) is 8.75. The van der Waals surface area contributed by atoms with Crippen LogP contribution >= 0.6 is 23.1 Å². The third kappa shape index (κ3) is 3.56. The molecule has 1 N–H and O–H groups in total. The summed E-state index contributed by atoms with van der Waals surface area (Å²) in [6.45, 7) is 2.32. The van der Waals surface area contributed by atoms with Crippen LogP contribution in [0.5, 0.6) is 0 Å². The lowest BCUT2D eigenvalue weighted by Crippen LogP contribution is -1.87. The molecule has 0 saturated heterocycles. The molecular weight excluding hydrogens is 190 g/mol. The monoisotopic (exact) mass is 203 g/mol. The summed E-state index contributed by atoms with van der Waals surface area (Å²) in [5.74, 6) is 2.00. The SMILES string of the molecule is Cc1nc(CSCCCO)cs1. The van der Waals surface area contributed by atoms with Crippen molar-refractivity contribution in [1.29, 1.82) is 0 Å². The molecule has 0 unspecified atom stereocenters. The minimum absolute atomic E-state index is 0.295. The second-order valence-corrected chi connectivity index (χ2v) is 4.66. The van der Waals surface area contributed by atoms with E-state index in [1.807, 2.05) is 18.7 Å². The maximum absolute atomic E-state index is 8.54. The molecule has 0 atom stereocenters. The molecule has 2 nitrogen and oxygen atoms in total. The predicted octanol–water partition coefficient (Wildman–Crippen LogP) is 2.07. The van der Waals surface area contributed by atoms with Crippen molar-refractivity contribution in [1.82, 2.24) is 4.98 Å². The first kappa shape index (κ1) is 10.0. The van der Waals surface area contributed by atoms with E-state index in [2.05, 4.69) is 10.4 Å². The molecule has 0 amide bonds. The maximum atomic E-state index is 8.54. The summed E-state index contributed by atoms with van der Waals surface area (Å²) in [6.07, 6.45) is 0.883. The summed E-state index contributed by atoms with van der Waals surface area (Å²) < 4.78 is 0. The Kier molecular flexibility index (Phi) is 4.65. The van der Waals surface area contributed by atoms with Gasteiger partial charge in [0.2, 0.25) is 0 Å². The number of thiazole rings is 1. The Bertz CT molecular complexity index is 225. The molecule has 1 aromatic heterocycles. The Hall–Kier alpha value is -0.0600. The minimum Gasteiger partial charge on any atom is -0.396 e. The lowest BCUT2D eigenvalue weighted by Gasteiger charge is -1.95. The number of thioether (sulfide) groups is 1. The Morgan fingerprint density at radius 3 is 3.08 bits per heavy atom. The molecule has 0 spiro atoms. The molecule has 1 heterocycles. The molecule has 0 radical (unpaired) electrons. The molecule has 68 valence electrons. The average molecular weight is 203 g/mol. The first-order valence-corrected chi connectivity index (χ1v) is 5.96. The summed E-state index contributed by atoms with van der Waals surface area (Å²) >= 11 is 3.52. The highest BCUT2D eigenvalue weighted by molar-refractivity contribution is 7.98. The fourth-order valence-electron chi connectivity index (χ4n) is 0.818. The molecule has 0 aliphatic heterocycles. The van der Waals surface area contributed by atoms with E-state index in [4.69, 9.17) is 5.11 Å². The van der Waals surface area contributed by atoms with E-state index < -0.39 is 0 Å². The van der Waals surface area contributed by atoms with Crippen LogP contribution in [0.15, 0.2) is 5.38 Å². The molecule has 1 rings (SSSR count). The standard InChI is InChI=1S/C8H13NOS2/c1-7-9-8(6-12-7)5-11-4-2-3-10/h6,10H,2-5H2,1H3. The summed E-state index contributed by atoms with van der Waals surface area (Å²) in [4.78, 5) is 4.34. The lowest BCUT2D eigenvalue weighted by atomic mass is 10.5. The molecule has 12 heavy (non-hydrogen) atoms. The molecule has 1 aromatic rings. The smallest absolute Gasteiger partial charge is 0.0897 e. The highest BCUT2D eigenvalue weighted by Gasteiger charge is 1.97. The fraction of sp³-hybridized carbons (Fsp3) is 0.625. The number of aliphatic hydroxyl groups is 1. The van der Waals surface area contributed by atoms with E-state index in [1.54, 1.807) is 11.3 Å². The van der Waals surface area contributed by atoms with Gasteiger partial charge in [0.05, 0.1) is 10.7 Å². The van der Waals surface area contributed by atoms with Crippen LogP contribution in [0.4, 0.5) is 0 Å². The first-order chi connectivity index (χ1) is 5.83. The maximum Gasteiger partial charge on any atom is 0.0897 e. The summed E-state index contributed by atoms with van der Waals surface area (Å²) in [7, 11) is 0. The van der Waals surface area contributed by atoms with Gasteiger partial charge < -0.3 is 5.11 Å². The number of nitrogens with zero attached hydrogens (tertiary/aromatic N) is 1. The van der Waals surface area contributed by atoms with Crippen molar-refractivity contribution in [3.8, 4) is 0 Å². The van der Waals surface area contributed by atoms with Crippen molar-refractivity contribution in [2.75, 3.05) is 12.4 Å². The van der Waals surface area contributed by atoms with Gasteiger partial charge in [-0.25, -0.2) is 4.98 Å². The van der Waals surface area contributed by atoms with Gasteiger partial charge in [-0.1, -0.05) is 0 Å². The fourth-order valence-corrected chi connectivity index (χ4v) is 2.37. The Balaban J connectivity index is 2.15. The van der Waals surface area contributed by atoms with Crippen molar-refractivity contribution in [2.24, 2.45) is 0 Å². The number of aryl methyl sites for hydroxylation is 1. The molecule has 0 fully saturated rings. The van der Waals surface area contributed by atoms with Gasteiger partial charge in [0.25, 0.3) is 0 Å².